The Balaban J connectivity index is 2.49. The third-order valence-electron chi connectivity index (χ3n) is 2.59. The van der Waals surface area contributed by atoms with Crippen LogP contribution in [0.25, 0.3) is 0 Å². The van der Waals surface area contributed by atoms with Crippen LogP contribution in [0.2, 0.25) is 0 Å². The van der Waals surface area contributed by atoms with E-state index in [-0.39, 0.29) is 5.84 Å². The molecule has 0 aromatic heterocycles. The lowest BCUT2D eigenvalue weighted by atomic mass is 10.0. The van der Waals surface area contributed by atoms with E-state index < -0.39 is 5.79 Å². The molecule has 4 nitrogen and oxygen atoms in total. The molecule has 74 valence electrons. The Morgan fingerprint density at radius 2 is 2.14 bits per heavy atom. The van der Waals surface area contributed by atoms with Gasteiger partial charge in [-0.15, -0.1) is 0 Å². The molecule has 0 amide bonds. The Labute approximate surface area is 81.5 Å². The van der Waals surface area contributed by atoms with E-state index in [0.29, 0.717) is 24.0 Å². The van der Waals surface area contributed by atoms with Crippen LogP contribution in [0.1, 0.15) is 23.1 Å². The van der Waals surface area contributed by atoms with Crippen molar-refractivity contribution < 1.29 is 10.2 Å². The fourth-order valence-electron chi connectivity index (χ4n) is 1.80. The summed E-state index contributed by atoms with van der Waals surface area (Å²) >= 11 is 0. The van der Waals surface area contributed by atoms with Crippen molar-refractivity contribution in [1.82, 2.24) is 0 Å². The minimum atomic E-state index is -1.70. The molecule has 0 saturated heterocycles. The third kappa shape index (κ3) is 1.29. The summed E-state index contributed by atoms with van der Waals surface area (Å²) in [6.07, 6.45) is 0.924. The number of aryl methyl sites for hydroxylation is 1. The first kappa shape index (κ1) is 9.18. The number of fused-ring (bicyclic) bond motifs is 1. The van der Waals surface area contributed by atoms with Crippen LogP contribution in [-0.2, 0) is 12.2 Å². The fraction of sp³-hybridized carbons (Fsp3) is 0.300. The van der Waals surface area contributed by atoms with Gasteiger partial charge in [-0.25, -0.2) is 0 Å². The van der Waals surface area contributed by atoms with Crippen molar-refractivity contribution in [3.05, 3.63) is 34.9 Å². The van der Waals surface area contributed by atoms with E-state index in [0.717, 1.165) is 5.56 Å². The van der Waals surface area contributed by atoms with Gasteiger partial charge in [-0.05, 0) is 18.1 Å². The second-order valence-corrected chi connectivity index (χ2v) is 3.60. The normalized spacial score (nSPS) is 17.9. The molecule has 0 bridgehead atoms. The molecule has 2 rings (SSSR count). The summed E-state index contributed by atoms with van der Waals surface area (Å²) in [6, 6.07) is 5.00. The molecule has 0 atom stereocenters. The molecule has 14 heavy (non-hydrogen) atoms. The van der Waals surface area contributed by atoms with E-state index in [1.165, 1.54) is 0 Å². The first-order valence-electron chi connectivity index (χ1n) is 4.43. The van der Waals surface area contributed by atoms with E-state index >= 15 is 0 Å². The highest BCUT2D eigenvalue weighted by Crippen LogP contribution is 2.34. The molecule has 1 aromatic carbocycles. The van der Waals surface area contributed by atoms with Crippen molar-refractivity contribution in [2.45, 2.75) is 18.6 Å². The van der Waals surface area contributed by atoms with Gasteiger partial charge in [0.15, 0.2) is 5.79 Å². The first-order valence-corrected chi connectivity index (χ1v) is 4.43. The van der Waals surface area contributed by atoms with Crippen LogP contribution in [0.15, 0.2) is 18.2 Å². The van der Waals surface area contributed by atoms with Gasteiger partial charge in [0.25, 0.3) is 0 Å². The number of nitrogens with one attached hydrogen (secondary N) is 1. The van der Waals surface area contributed by atoms with Crippen molar-refractivity contribution in [1.29, 1.82) is 5.41 Å². The average Bonchev–Trinajstić information content (AvgIpc) is 2.42. The fourth-order valence-corrected chi connectivity index (χ4v) is 1.80. The standard InChI is InChI=1S/C10H12N2O2/c11-9(12)7-1-2-8-6(5-7)3-4-10(8,13)14/h1-2,5,13-14H,3-4H2,(H3,11,12). The Morgan fingerprint density at radius 1 is 1.43 bits per heavy atom. The van der Waals surface area contributed by atoms with Crippen LogP contribution < -0.4 is 5.73 Å². The van der Waals surface area contributed by atoms with E-state index in [1.54, 1.807) is 18.2 Å². The van der Waals surface area contributed by atoms with Gasteiger partial charge in [0.1, 0.15) is 5.84 Å². The van der Waals surface area contributed by atoms with Crippen LogP contribution in [0.4, 0.5) is 0 Å². The SMILES string of the molecule is N=C(N)c1ccc2c(c1)CCC2(O)O. The maximum atomic E-state index is 9.55. The number of amidine groups is 1. The molecule has 4 heteroatoms. The number of benzene rings is 1. The minimum Gasteiger partial charge on any atom is -0.384 e. The molecule has 0 aliphatic heterocycles. The molecule has 0 fully saturated rings. The van der Waals surface area contributed by atoms with Crippen LogP contribution in [0, 0.1) is 5.41 Å². The highest BCUT2D eigenvalue weighted by Gasteiger charge is 2.34. The summed E-state index contributed by atoms with van der Waals surface area (Å²) in [7, 11) is 0. The molecule has 0 spiro atoms. The van der Waals surface area contributed by atoms with Crippen LogP contribution >= 0.6 is 0 Å². The highest BCUT2D eigenvalue weighted by atomic mass is 16.5. The van der Waals surface area contributed by atoms with Gasteiger partial charge in [-0.1, -0.05) is 12.1 Å². The molecular weight excluding hydrogens is 180 g/mol. The zero-order chi connectivity index (χ0) is 10.3. The monoisotopic (exact) mass is 192 g/mol. The summed E-state index contributed by atoms with van der Waals surface area (Å²) in [5.74, 6) is -1.70. The number of nitrogens with two attached hydrogens (primary N) is 1. The smallest absolute Gasteiger partial charge is 0.190 e. The second-order valence-electron chi connectivity index (χ2n) is 3.60. The topological polar surface area (TPSA) is 90.3 Å². The van der Waals surface area contributed by atoms with Crippen molar-refractivity contribution in [3.8, 4) is 0 Å². The van der Waals surface area contributed by atoms with Gasteiger partial charge in [0.05, 0.1) is 0 Å². The van der Waals surface area contributed by atoms with E-state index in [2.05, 4.69) is 0 Å². The van der Waals surface area contributed by atoms with Crippen LogP contribution in [-0.4, -0.2) is 16.0 Å². The number of hydrogen-bond donors (Lipinski definition) is 4. The predicted octanol–water partition coefficient (Wildman–Crippen LogP) is 0.0543. The van der Waals surface area contributed by atoms with Crippen molar-refractivity contribution in [2.24, 2.45) is 5.73 Å². The molecule has 0 saturated carbocycles. The van der Waals surface area contributed by atoms with Crippen molar-refractivity contribution in [3.63, 3.8) is 0 Å². The summed E-state index contributed by atoms with van der Waals surface area (Å²) in [5.41, 5.74) is 7.35. The maximum absolute atomic E-state index is 9.55. The van der Waals surface area contributed by atoms with Gasteiger partial charge in [-0.3, -0.25) is 5.41 Å². The minimum absolute atomic E-state index is 0.00109. The van der Waals surface area contributed by atoms with Gasteiger partial charge in [0, 0.05) is 17.5 Å². The van der Waals surface area contributed by atoms with Crippen LogP contribution in [0.3, 0.4) is 0 Å². The Morgan fingerprint density at radius 3 is 2.79 bits per heavy atom. The van der Waals surface area contributed by atoms with Gasteiger partial charge < -0.3 is 15.9 Å². The highest BCUT2D eigenvalue weighted by molar-refractivity contribution is 5.95. The Bertz CT molecular complexity index is 399. The summed E-state index contributed by atoms with van der Waals surface area (Å²) in [6.45, 7) is 0. The summed E-state index contributed by atoms with van der Waals surface area (Å²) in [5, 5.41) is 26.3. The average molecular weight is 192 g/mol. The van der Waals surface area contributed by atoms with E-state index in [1.807, 2.05) is 0 Å². The number of hydrogen-bond acceptors (Lipinski definition) is 3. The van der Waals surface area contributed by atoms with Crippen molar-refractivity contribution in [2.75, 3.05) is 0 Å². The van der Waals surface area contributed by atoms with Crippen molar-refractivity contribution >= 4 is 5.84 Å². The molecule has 0 radical (unpaired) electrons. The van der Waals surface area contributed by atoms with Gasteiger partial charge in [0.2, 0.25) is 0 Å². The molecule has 0 unspecified atom stereocenters. The summed E-state index contributed by atoms with van der Waals surface area (Å²) in [4.78, 5) is 0. The third-order valence-corrected chi connectivity index (χ3v) is 2.59. The lowest BCUT2D eigenvalue weighted by molar-refractivity contribution is -0.166. The molecule has 1 aliphatic rings. The Hall–Kier alpha value is -1.39. The molecular formula is C10H12N2O2. The quantitative estimate of drug-likeness (QED) is 0.288. The van der Waals surface area contributed by atoms with Crippen LogP contribution in [0.5, 0.6) is 0 Å². The van der Waals surface area contributed by atoms with E-state index in [9.17, 15) is 10.2 Å². The maximum Gasteiger partial charge on any atom is 0.190 e. The molecule has 5 N–H and O–H groups in total. The Kier molecular flexibility index (Phi) is 1.83. The van der Waals surface area contributed by atoms with Gasteiger partial charge in [-0.2, -0.15) is 0 Å². The zero-order valence-electron chi connectivity index (χ0n) is 7.62. The number of aliphatic hydroxyl groups is 2. The van der Waals surface area contributed by atoms with E-state index in [4.69, 9.17) is 11.1 Å². The largest absolute Gasteiger partial charge is 0.384 e. The second kappa shape index (κ2) is 2.80. The van der Waals surface area contributed by atoms with Gasteiger partial charge >= 0.3 is 0 Å². The number of nitrogen functional groups attached to an aromatic ring is 1. The predicted molar refractivity (Wildman–Crippen MR) is 51.9 cm³/mol. The molecule has 1 aliphatic carbocycles. The molecule has 0 heterocycles. The molecule has 1 aromatic rings. The number of rotatable bonds is 1. The zero-order valence-corrected chi connectivity index (χ0v) is 7.62. The summed E-state index contributed by atoms with van der Waals surface area (Å²) < 4.78 is 0. The first-order chi connectivity index (χ1) is 6.50. The lowest BCUT2D eigenvalue weighted by Gasteiger charge is -2.15. The lowest BCUT2D eigenvalue weighted by Crippen LogP contribution is -2.21.